The smallest absolute Gasteiger partial charge is 0.224 e. The molecule has 1 fully saturated rings. The summed E-state index contributed by atoms with van der Waals surface area (Å²) in [5.41, 5.74) is 3.67. The number of amides is 2. The van der Waals surface area contributed by atoms with Gasteiger partial charge in [-0.3, -0.25) is 9.59 Å². The minimum Gasteiger partial charge on any atom is -0.381 e. The Morgan fingerprint density at radius 2 is 1.68 bits per heavy atom. The molecule has 2 aromatic carbocycles. The van der Waals surface area contributed by atoms with Crippen LogP contribution in [0, 0.1) is 0 Å². The summed E-state index contributed by atoms with van der Waals surface area (Å²) in [6.45, 7) is 7.40. The van der Waals surface area contributed by atoms with E-state index in [1.807, 2.05) is 63.0 Å². The average Bonchev–Trinajstić information content (AvgIpc) is 3.35. The standard InChI is InChI=1S/C29H38N6O3/c1-23(36)34-18-7-16-32(25-13-20-38-21-14-25)15-6-17-33(22-24-8-2-4-10-27(24)34)29(37)12-19-35-28-11-5-3-9-26(28)30-31-35/h2-5,8-11,25H,6-7,12-22H2,1H3. The number of fused-ring (bicyclic) bond motifs is 2. The zero-order valence-corrected chi connectivity index (χ0v) is 22.3. The fraction of sp³-hybridized carbons (Fsp3) is 0.517. The number of carbonyl (C=O) groups is 2. The number of aromatic nitrogens is 3. The summed E-state index contributed by atoms with van der Waals surface area (Å²) in [4.78, 5) is 32.7. The molecule has 202 valence electrons. The van der Waals surface area contributed by atoms with Gasteiger partial charge in [-0.05, 0) is 49.4 Å². The van der Waals surface area contributed by atoms with Gasteiger partial charge in [0.1, 0.15) is 5.52 Å². The van der Waals surface area contributed by atoms with Crippen molar-refractivity contribution < 1.29 is 14.3 Å². The number of rotatable bonds is 4. The second kappa shape index (κ2) is 12.5. The van der Waals surface area contributed by atoms with Crippen LogP contribution >= 0.6 is 0 Å². The lowest BCUT2D eigenvalue weighted by molar-refractivity contribution is -0.132. The van der Waals surface area contributed by atoms with E-state index in [-0.39, 0.29) is 11.8 Å². The highest BCUT2D eigenvalue weighted by atomic mass is 16.5. The maximum atomic E-state index is 13.6. The molecule has 1 saturated heterocycles. The van der Waals surface area contributed by atoms with Gasteiger partial charge in [0.2, 0.25) is 11.8 Å². The number of benzene rings is 2. The molecule has 5 rings (SSSR count). The van der Waals surface area contributed by atoms with Gasteiger partial charge >= 0.3 is 0 Å². The Morgan fingerprint density at radius 1 is 0.947 bits per heavy atom. The van der Waals surface area contributed by atoms with Crippen molar-refractivity contribution in [1.29, 1.82) is 0 Å². The van der Waals surface area contributed by atoms with E-state index in [2.05, 4.69) is 15.2 Å². The summed E-state index contributed by atoms with van der Waals surface area (Å²) in [5, 5.41) is 8.48. The average molecular weight is 519 g/mol. The summed E-state index contributed by atoms with van der Waals surface area (Å²) in [6, 6.07) is 16.3. The molecule has 3 aromatic rings. The summed E-state index contributed by atoms with van der Waals surface area (Å²) in [7, 11) is 0. The first-order chi connectivity index (χ1) is 18.6. The topological polar surface area (TPSA) is 83.8 Å². The number of hydrogen-bond donors (Lipinski definition) is 0. The molecule has 2 amide bonds. The van der Waals surface area contributed by atoms with Crippen molar-refractivity contribution in [2.45, 2.75) is 58.2 Å². The van der Waals surface area contributed by atoms with Crippen LogP contribution in [0.2, 0.25) is 0 Å². The van der Waals surface area contributed by atoms with Crippen molar-refractivity contribution in [1.82, 2.24) is 24.8 Å². The van der Waals surface area contributed by atoms with Crippen LogP contribution in [-0.4, -0.2) is 82.0 Å². The molecule has 2 aliphatic rings. The van der Waals surface area contributed by atoms with Gasteiger partial charge < -0.3 is 19.4 Å². The minimum atomic E-state index is 0.0306. The Kier molecular flexibility index (Phi) is 8.65. The molecule has 0 atom stereocenters. The fourth-order valence-corrected chi connectivity index (χ4v) is 5.72. The highest BCUT2D eigenvalue weighted by Gasteiger charge is 2.25. The van der Waals surface area contributed by atoms with Crippen molar-refractivity contribution in [3.8, 4) is 0 Å². The normalized spacial score (nSPS) is 18.6. The van der Waals surface area contributed by atoms with Gasteiger partial charge in [0.05, 0.1) is 12.1 Å². The molecule has 2 aliphatic heterocycles. The zero-order valence-electron chi connectivity index (χ0n) is 22.3. The Bertz CT molecular complexity index is 1240. The summed E-state index contributed by atoms with van der Waals surface area (Å²) in [5.74, 6) is 0.117. The molecule has 1 aromatic heterocycles. The van der Waals surface area contributed by atoms with E-state index in [1.54, 1.807) is 6.92 Å². The van der Waals surface area contributed by atoms with E-state index < -0.39 is 0 Å². The van der Waals surface area contributed by atoms with Crippen LogP contribution < -0.4 is 4.90 Å². The van der Waals surface area contributed by atoms with Crippen molar-refractivity contribution in [3.05, 3.63) is 54.1 Å². The lowest BCUT2D eigenvalue weighted by Crippen LogP contribution is -2.43. The van der Waals surface area contributed by atoms with Crippen LogP contribution in [0.15, 0.2) is 48.5 Å². The Balaban J connectivity index is 1.36. The molecule has 0 saturated carbocycles. The first-order valence-electron chi connectivity index (χ1n) is 13.8. The first kappa shape index (κ1) is 26.3. The summed E-state index contributed by atoms with van der Waals surface area (Å²) in [6.07, 6.45) is 4.24. The van der Waals surface area contributed by atoms with Crippen molar-refractivity contribution in [2.75, 3.05) is 44.3 Å². The lowest BCUT2D eigenvalue weighted by Gasteiger charge is -2.36. The molecule has 0 aliphatic carbocycles. The number of anilines is 1. The largest absolute Gasteiger partial charge is 0.381 e. The van der Waals surface area contributed by atoms with Crippen molar-refractivity contribution in [3.63, 3.8) is 0 Å². The molecular formula is C29H38N6O3. The number of aryl methyl sites for hydroxylation is 1. The third kappa shape index (κ3) is 6.22. The highest BCUT2D eigenvalue weighted by Crippen LogP contribution is 2.25. The van der Waals surface area contributed by atoms with E-state index >= 15 is 0 Å². The van der Waals surface area contributed by atoms with Gasteiger partial charge in [-0.1, -0.05) is 35.5 Å². The third-order valence-corrected chi connectivity index (χ3v) is 7.74. The Hall–Kier alpha value is -3.30. The summed E-state index contributed by atoms with van der Waals surface area (Å²) < 4.78 is 7.41. The van der Waals surface area contributed by atoms with E-state index in [9.17, 15) is 9.59 Å². The van der Waals surface area contributed by atoms with Crippen LogP contribution in [0.1, 0.15) is 44.6 Å². The number of nitrogens with zero attached hydrogens (tertiary/aromatic N) is 6. The van der Waals surface area contributed by atoms with Crippen molar-refractivity contribution in [2.24, 2.45) is 0 Å². The number of para-hydroxylation sites is 2. The van der Waals surface area contributed by atoms with E-state index in [0.717, 1.165) is 74.3 Å². The molecule has 0 spiro atoms. The van der Waals surface area contributed by atoms with Crippen LogP contribution in [0.5, 0.6) is 0 Å². The molecular weight excluding hydrogens is 480 g/mol. The van der Waals surface area contributed by atoms with Gasteiger partial charge in [-0.25, -0.2) is 4.68 Å². The Labute approximate surface area is 224 Å². The highest BCUT2D eigenvalue weighted by molar-refractivity contribution is 5.92. The van der Waals surface area contributed by atoms with Gasteiger partial charge in [0, 0.05) is 71.0 Å². The fourth-order valence-electron chi connectivity index (χ4n) is 5.72. The van der Waals surface area contributed by atoms with E-state index in [0.29, 0.717) is 38.6 Å². The number of carbonyl (C=O) groups excluding carboxylic acids is 2. The van der Waals surface area contributed by atoms with Crippen LogP contribution in [0.25, 0.3) is 11.0 Å². The van der Waals surface area contributed by atoms with Crippen LogP contribution in [0.3, 0.4) is 0 Å². The van der Waals surface area contributed by atoms with Gasteiger partial charge in [-0.2, -0.15) is 0 Å². The molecule has 38 heavy (non-hydrogen) atoms. The maximum absolute atomic E-state index is 13.6. The second-order valence-corrected chi connectivity index (χ2v) is 10.3. The molecule has 9 nitrogen and oxygen atoms in total. The molecule has 9 heteroatoms. The molecule has 0 radical (unpaired) electrons. The zero-order chi connectivity index (χ0) is 26.3. The second-order valence-electron chi connectivity index (χ2n) is 10.3. The molecule has 0 bridgehead atoms. The SMILES string of the molecule is CC(=O)N1CCCN(C2CCOCC2)CCCN(C(=O)CCn2nnc3ccccc32)Cc2ccccc21. The third-order valence-electron chi connectivity index (χ3n) is 7.74. The predicted octanol–water partition coefficient (Wildman–Crippen LogP) is 3.48. The Morgan fingerprint density at radius 3 is 2.50 bits per heavy atom. The first-order valence-corrected chi connectivity index (χ1v) is 13.8. The monoisotopic (exact) mass is 518 g/mol. The predicted molar refractivity (Wildman–Crippen MR) is 147 cm³/mol. The van der Waals surface area contributed by atoms with Gasteiger partial charge in [0.15, 0.2) is 0 Å². The van der Waals surface area contributed by atoms with E-state index in [4.69, 9.17) is 4.74 Å². The minimum absolute atomic E-state index is 0.0306. The van der Waals surface area contributed by atoms with Gasteiger partial charge in [-0.15, -0.1) is 5.10 Å². The lowest BCUT2D eigenvalue weighted by atomic mass is 10.1. The maximum Gasteiger partial charge on any atom is 0.224 e. The van der Waals surface area contributed by atoms with Gasteiger partial charge in [0.25, 0.3) is 0 Å². The number of hydrogen-bond acceptors (Lipinski definition) is 6. The molecule has 0 N–H and O–H groups in total. The van der Waals surface area contributed by atoms with Crippen molar-refractivity contribution >= 4 is 28.5 Å². The molecule has 0 unspecified atom stereocenters. The quantitative estimate of drug-likeness (QED) is 0.526. The van der Waals surface area contributed by atoms with Crippen LogP contribution in [0.4, 0.5) is 5.69 Å². The summed E-state index contributed by atoms with van der Waals surface area (Å²) >= 11 is 0. The number of ether oxygens (including phenoxy) is 1. The molecule has 3 heterocycles. The van der Waals surface area contributed by atoms with Crippen LogP contribution in [-0.2, 0) is 27.4 Å². The van der Waals surface area contributed by atoms with E-state index in [1.165, 1.54) is 0 Å².